The molecule has 4 heteroatoms. The summed E-state index contributed by atoms with van der Waals surface area (Å²) in [4.78, 5) is 4.22. The fourth-order valence-electron chi connectivity index (χ4n) is 1.82. The van der Waals surface area contributed by atoms with E-state index in [4.69, 9.17) is 0 Å². The zero-order valence-electron chi connectivity index (χ0n) is 8.03. The summed E-state index contributed by atoms with van der Waals surface area (Å²) in [5.74, 6) is 1.08. The number of nitrogens with one attached hydrogen (secondary N) is 1. The van der Waals surface area contributed by atoms with Crippen LogP contribution in [0, 0.1) is 0 Å². The molecule has 1 saturated heterocycles. The largest absolute Gasteiger partial charge is 0.314 e. The van der Waals surface area contributed by atoms with Crippen molar-refractivity contribution < 1.29 is 0 Å². The molecule has 0 radical (unpaired) electrons. The van der Waals surface area contributed by atoms with Gasteiger partial charge in [0, 0.05) is 19.5 Å². The van der Waals surface area contributed by atoms with Gasteiger partial charge in [-0.1, -0.05) is 6.42 Å². The Morgan fingerprint density at radius 2 is 2.54 bits per heavy atom. The van der Waals surface area contributed by atoms with Crippen molar-refractivity contribution in [3.8, 4) is 0 Å². The van der Waals surface area contributed by atoms with Gasteiger partial charge in [0.05, 0.1) is 0 Å². The van der Waals surface area contributed by atoms with Gasteiger partial charge in [0.25, 0.3) is 0 Å². The monoisotopic (exact) mass is 180 g/mol. The quantitative estimate of drug-likeness (QED) is 0.720. The fraction of sp³-hybridized carbons (Fsp3) is 0.778. The van der Waals surface area contributed by atoms with E-state index >= 15 is 0 Å². The van der Waals surface area contributed by atoms with E-state index in [-0.39, 0.29) is 0 Å². The first kappa shape index (κ1) is 8.69. The highest BCUT2D eigenvalue weighted by Crippen LogP contribution is 2.10. The first-order chi connectivity index (χ1) is 6.36. The van der Waals surface area contributed by atoms with Crippen molar-refractivity contribution in [2.75, 3.05) is 6.54 Å². The molecule has 72 valence electrons. The molecule has 1 N–H and O–H groups in total. The summed E-state index contributed by atoms with van der Waals surface area (Å²) < 4.78 is 1.86. The van der Waals surface area contributed by atoms with E-state index in [1.165, 1.54) is 19.3 Å². The van der Waals surface area contributed by atoms with Crippen LogP contribution < -0.4 is 5.32 Å². The van der Waals surface area contributed by atoms with Crippen LogP contribution in [0.2, 0.25) is 0 Å². The molecule has 0 spiro atoms. The van der Waals surface area contributed by atoms with Gasteiger partial charge in [0.15, 0.2) is 0 Å². The maximum absolute atomic E-state index is 4.22. The highest BCUT2D eigenvalue weighted by atomic mass is 15.3. The smallest absolute Gasteiger partial charge is 0.138 e. The summed E-state index contributed by atoms with van der Waals surface area (Å²) in [6.07, 6.45) is 6.56. The zero-order chi connectivity index (χ0) is 9.10. The van der Waals surface area contributed by atoms with Crippen LogP contribution in [0.4, 0.5) is 0 Å². The van der Waals surface area contributed by atoms with Crippen LogP contribution in [0.15, 0.2) is 6.33 Å². The summed E-state index contributed by atoms with van der Waals surface area (Å²) >= 11 is 0. The van der Waals surface area contributed by atoms with E-state index in [9.17, 15) is 0 Å². The van der Waals surface area contributed by atoms with E-state index in [1.54, 1.807) is 6.33 Å². The Kier molecular flexibility index (Phi) is 2.59. The van der Waals surface area contributed by atoms with Gasteiger partial charge in [-0.3, -0.25) is 4.68 Å². The van der Waals surface area contributed by atoms with Crippen LogP contribution in [0.3, 0.4) is 0 Å². The van der Waals surface area contributed by atoms with E-state index in [0.717, 1.165) is 18.8 Å². The summed E-state index contributed by atoms with van der Waals surface area (Å²) in [5, 5.41) is 7.56. The Morgan fingerprint density at radius 3 is 3.15 bits per heavy atom. The Morgan fingerprint density at radius 1 is 1.62 bits per heavy atom. The highest BCUT2D eigenvalue weighted by molar-refractivity contribution is 4.89. The minimum Gasteiger partial charge on any atom is -0.314 e. The zero-order valence-corrected chi connectivity index (χ0v) is 8.03. The number of hydrogen-bond donors (Lipinski definition) is 1. The molecular formula is C9H16N4. The topological polar surface area (TPSA) is 42.7 Å². The van der Waals surface area contributed by atoms with Crippen molar-refractivity contribution in [3.05, 3.63) is 12.2 Å². The fourth-order valence-corrected chi connectivity index (χ4v) is 1.82. The van der Waals surface area contributed by atoms with Gasteiger partial charge in [-0.05, 0) is 19.4 Å². The van der Waals surface area contributed by atoms with E-state index in [2.05, 4.69) is 15.4 Å². The van der Waals surface area contributed by atoms with Crippen LogP contribution in [-0.2, 0) is 13.5 Å². The lowest BCUT2D eigenvalue weighted by Gasteiger charge is -2.22. The number of nitrogens with zero attached hydrogens (tertiary/aromatic N) is 3. The van der Waals surface area contributed by atoms with Gasteiger partial charge in [0.1, 0.15) is 12.2 Å². The standard InChI is InChI=1S/C9H16N4/c1-13-9(11-7-12-13)6-8-4-2-3-5-10-8/h7-8,10H,2-6H2,1H3. The molecule has 13 heavy (non-hydrogen) atoms. The molecule has 1 aromatic heterocycles. The van der Waals surface area contributed by atoms with Crippen molar-refractivity contribution in [1.82, 2.24) is 20.1 Å². The third kappa shape index (κ3) is 2.06. The van der Waals surface area contributed by atoms with Crippen LogP contribution >= 0.6 is 0 Å². The van der Waals surface area contributed by atoms with Crippen LogP contribution in [0.25, 0.3) is 0 Å². The molecular weight excluding hydrogens is 164 g/mol. The van der Waals surface area contributed by atoms with Crippen molar-refractivity contribution >= 4 is 0 Å². The maximum Gasteiger partial charge on any atom is 0.138 e. The maximum atomic E-state index is 4.22. The normalized spacial score (nSPS) is 23.3. The average Bonchev–Trinajstić information content (AvgIpc) is 2.54. The lowest BCUT2D eigenvalue weighted by Crippen LogP contribution is -2.36. The Hall–Kier alpha value is -0.900. The first-order valence-corrected chi connectivity index (χ1v) is 4.92. The predicted octanol–water partition coefficient (Wildman–Crippen LogP) is 0.500. The van der Waals surface area contributed by atoms with Crippen molar-refractivity contribution in [2.24, 2.45) is 7.05 Å². The molecule has 0 amide bonds. The summed E-state index contributed by atoms with van der Waals surface area (Å²) in [7, 11) is 1.95. The summed E-state index contributed by atoms with van der Waals surface area (Å²) in [6.45, 7) is 1.16. The second-order valence-electron chi connectivity index (χ2n) is 3.65. The second-order valence-corrected chi connectivity index (χ2v) is 3.65. The molecule has 1 fully saturated rings. The Labute approximate surface area is 78.4 Å². The number of hydrogen-bond acceptors (Lipinski definition) is 3. The van der Waals surface area contributed by atoms with Crippen LogP contribution in [0.1, 0.15) is 25.1 Å². The van der Waals surface area contributed by atoms with Gasteiger partial charge in [0.2, 0.25) is 0 Å². The lowest BCUT2D eigenvalue weighted by atomic mass is 10.0. The molecule has 0 saturated carbocycles. The molecule has 1 aliphatic heterocycles. The molecule has 0 bridgehead atoms. The highest BCUT2D eigenvalue weighted by Gasteiger charge is 2.14. The third-order valence-electron chi connectivity index (χ3n) is 2.65. The van der Waals surface area contributed by atoms with Crippen LogP contribution in [-0.4, -0.2) is 27.4 Å². The molecule has 1 aliphatic rings. The predicted molar refractivity (Wildman–Crippen MR) is 50.3 cm³/mol. The van der Waals surface area contributed by atoms with Gasteiger partial charge >= 0.3 is 0 Å². The van der Waals surface area contributed by atoms with Crippen LogP contribution in [0.5, 0.6) is 0 Å². The van der Waals surface area contributed by atoms with Gasteiger partial charge in [-0.25, -0.2) is 4.98 Å². The second kappa shape index (κ2) is 3.87. The van der Waals surface area contributed by atoms with E-state index in [0.29, 0.717) is 6.04 Å². The van der Waals surface area contributed by atoms with Crippen molar-refractivity contribution in [2.45, 2.75) is 31.7 Å². The van der Waals surface area contributed by atoms with E-state index in [1.807, 2.05) is 11.7 Å². The van der Waals surface area contributed by atoms with Crippen molar-refractivity contribution in [1.29, 1.82) is 0 Å². The molecule has 2 heterocycles. The molecule has 4 nitrogen and oxygen atoms in total. The minimum absolute atomic E-state index is 0.608. The number of aryl methyl sites for hydroxylation is 1. The number of aromatic nitrogens is 3. The molecule has 0 aliphatic carbocycles. The molecule has 1 unspecified atom stereocenters. The summed E-state index contributed by atoms with van der Waals surface area (Å²) in [5.41, 5.74) is 0. The van der Waals surface area contributed by atoms with Gasteiger partial charge in [-0.15, -0.1) is 0 Å². The third-order valence-corrected chi connectivity index (χ3v) is 2.65. The first-order valence-electron chi connectivity index (χ1n) is 4.92. The molecule has 2 rings (SSSR count). The SMILES string of the molecule is Cn1ncnc1CC1CCCCN1. The Bertz CT molecular complexity index is 262. The molecule has 1 atom stereocenters. The van der Waals surface area contributed by atoms with Crippen molar-refractivity contribution in [3.63, 3.8) is 0 Å². The number of piperidine rings is 1. The summed E-state index contributed by atoms with van der Waals surface area (Å²) in [6, 6.07) is 0.608. The minimum atomic E-state index is 0.608. The Balaban J connectivity index is 1.93. The average molecular weight is 180 g/mol. The molecule has 0 aromatic carbocycles. The lowest BCUT2D eigenvalue weighted by molar-refractivity contribution is 0.390. The van der Waals surface area contributed by atoms with E-state index < -0.39 is 0 Å². The number of rotatable bonds is 2. The van der Waals surface area contributed by atoms with Gasteiger partial charge in [-0.2, -0.15) is 5.10 Å². The molecule has 1 aromatic rings. The van der Waals surface area contributed by atoms with Gasteiger partial charge < -0.3 is 5.32 Å².